The summed E-state index contributed by atoms with van der Waals surface area (Å²) in [4.78, 5) is 11.2. The molecule has 0 aliphatic carbocycles. The Balaban J connectivity index is 1.87. The lowest BCUT2D eigenvalue weighted by Crippen LogP contribution is -2.31. The molecule has 1 saturated heterocycles. The van der Waals surface area contributed by atoms with Gasteiger partial charge in [-0.15, -0.1) is 0 Å². The summed E-state index contributed by atoms with van der Waals surface area (Å²) in [6.45, 7) is 2.19. The van der Waals surface area contributed by atoms with E-state index in [1.807, 2.05) is 4.40 Å². The quantitative estimate of drug-likeness (QED) is 0.795. The highest BCUT2D eigenvalue weighted by molar-refractivity contribution is 5.37. The van der Waals surface area contributed by atoms with Crippen molar-refractivity contribution in [1.82, 2.24) is 19.9 Å². The van der Waals surface area contributed by atoms with Gasteiger partial charge in [0.05, 0.1) is 0 Å². The van der Waals surface area contributed by atoms with Crippen molar-refractivity contribution in [2.45, 2.75) is 19.3 Å². The van der Waals surface area contributed by atoms with Crippen LogP contribution in [-0.4, -0.2) is 27.7 Å². The molecule has 1 unspecified atom stereocenters. The van der Waals surface area contributed by atoms with Crippen LogP contribution in [0.25, 0.3) is 5.65 Å². The van der Waals surface area contributed by atoms with Crippen molar-refractivity contribution in [3.8, 4) is 0 Å². The minimum Gasteiger partial charge on any atom is -0.316 e. The fourth-order valence-electron chi connectivity index (χ4n) is 2.47. The fraction of sp³-hybridized carbons (Fsp3) is 0.500. The number of piperidine rings is 1. The average Bonchev–Trinajstić information content (AvgIpc) is 2.73. The van der Waals surface area contributed by atoms with Gasteiger partial charge in [0, 0.05) is 24.8 Å². The molecule has 2 aromatic heterocycles. The molecule has 2 aromatic rings. The lowest BCUT2D eigenvalue weighted by atomic mass is 9.96. The Morgan fingerprint density at radius 3 is 3.29 bits per heavy atom. The van der Waals surface area contributed by atoms with Crippen LogP contribution in [0, 0.1) is 5.92 Å². The molecule has 0 saturated carbocycles. The largest absolute Gasteiger partial charge is 0.316 e. The number of nitrogens with zero attached hydrogens (tertiary/aromatic N) is 2. The number of aromatic amines is 1. The second-order valence-corrected chi connectivity index (χ2v) is 4.67. The number of fused-ring (bicyclic) bond motifs is 1. The van der Waals surface area contributed by atoms with E-state index in [2.05, 4.69) is 15.5 Å². The number of nitrogens with one attached hydrogen (secondary N) is 2. The summed E-state index contributed by atoms with van der Waals surface area (Å²) in [5.74, 6) is 1.66. The van der Waals surface area contributed by atoms with Gasteiger partial charge in [0.1, 0.15) is 11.5 Å². The van der Waals surface area contributed by atoms with Gasteiger partial charge in [0.2, 0.25) is 0 Å². The van der Waals surface area contributed by atoms with Crippen LogP contribution in [0.2, 0.25) is 0 Å². The molecule has 5 nitrogen and oxygen atoms in total. The Morgan fingerprint density at radius 1 is 1.53 bits per heavy atom. The summed E-state index contributed by atoms with van der Waals surface area (Å²) in [6.07, 6.45) is 5.24. The number of H-pyrrole nitrogens is 1. The van der Waals surface area contributed by atoms with E-state index in [9.17, 15) is 4.79 Å². The van der Waals surface area contributed by atoms with Crippen LogP contribution in [0.3, 0.4) is 0 Å². The molecule has 0 radical (unpaired) electrons. The van der Waals surface area contributed by atoms with Gasteiger partial charge in [-0.25, -0.2) is 0 Å². The first-order chi connectivity index (χ1) is 8.33. The molecule has 3 rings (SSSR count). The van der Waals surface area contributed by atoms with Crippen LogP contribution in [0.15, 0.2) is 23.1 Å². The zero-order valence-corrected chi connectivity index (χ0v) is 9.65. The van der Waals surface area contributed by atoms with Crippen LogP contribution < -0.4 is 10.7 Å². The zero-order valence-electron chi connectivity index (χ0n) is 9.65. The molecule has 1 atom stereocenters. The first-order valence-corrected chi connectivity index (χ1v) is 6.09. The second kappa shape index (κ2) is 4.33. The summed E-state index contributed by atoms with van der Waals surface area (Å²) < 4.78 is 1.97. The molecule has 0 bridgehead atoms. The molecule has 5 heteroatoms. The maximum absolute atomic E-state index is 11.2. The highest BCUT2D eigenvalue weighted by Gasteiger charge is 2.16. The molecule has 0 amide bonds. The van der Waals surface area contributed by atoms with Gasteiger partial charge in [-0.1, -0.05) is 0 Å². The number of aromatic nitrogens is 3. The Labute approximate surface area is 98.9 Å². The van der Waals surface area contributed by atoms with Gasteiger partial charge in [-0.3, -0.25) is 14.3 Å². The van der Waals surface area contributed by atoms with Crippen molar-refractivity contribution in [3.05, 3.63) is 34.4 Å². The number of rotatable bonds is 2. The topological polar surface area (TPSA) is 62.2 Å². The smallest absolute Gasteiger partial charge is 0.183 e. The Bertz CT molecular complexity index is 565. The van der Waals surface area contributed by atoms with Gasteiger partial charge in [-0.2, -0.15) is 5.10 Å². The third-order valence-corrected chi connectivity index (χ3v) is 3.37. The summed E-state index contributed by atoms with van der Waals surface area (Å²) in [5, 5.41) is 10.6. The first kappa shape index (κ1) is 10.5. The van der Waals surface area contributed by atoms with Gasteiger partial charge in [0.25, 0.3) is 0 Å². The maximum atomic E-state index is 11.2. The van der Waals surface area contributed by atoms with Crippen LogP contribution in [-0.2, 0) is 6.42 Å². The molecular formula is C12H16N4O. The molecule has 0 aromatic carbocycles. The summed E-state index contributed by atoms with van der Waals surface area (Å²) in [7, 11) is 0. The van der Waals surface area contributed by atoms with Crippen molar-refractivity contribution in [2.75, 3.05) is 13.1 Å². The van der Waals surface area contributed by atoms with Gasteiger partial charge < -0.3 is 5.32 Å². The normalized spacial score (nSPS) is 20.8. The van der Waals surface area contributed by atoms with E-state index in [4.69, 9.17) is 0 Å². The van der Waals surface area contributed by atoms with Gasteiger partial charge in [-0.05, 0) is 31.8 Å². The van der Waals surface area contributed by atoms with Crippen molar-refractivity contribution < 1.29 is 0 Å². The molecule has 1 aliphatic rings. The third kappa shape index (κ3) is 2.10. The highest BCUT2D eigenvalue weighted by Crippen LogP contribution is 2.15. The fourth-order valence-corrected chi connectivity index (χ4v) is 2.47. The number of hydrogen-bond acceptors (Lipinski definition) is 3. The molecular weight excluding hydrogens is 216 g/mol. The van der Waals surface area contributed by atoms with E-state index >= 15 is 0 Å². The van der Waals surface area contributed by atoms with Gasteiger partial charge >= 0.3 is 0 Å². The lowest BCUT2D eigenvalue weighted by molar-refractivity contribution is 0.370. The number of hydrogen-bond donors (Lipinski definition) is 2. The van der Waals surface area contributed by atoms with Crippen molar-refractivity contribution in [2.24, 2.45) is 5.92 Å². The van der Waals surface area contributed by atoms with Gasteiger partial charge in [0.15, 0.2) is 5.43 Å². The predicted molar refractivity (Wildman–Crippen MR) is 65.1 cm³/mol. The van der Waals surface area contributed by atoms with Crippen LogP contribution in [0.5, 0.6) is 0 Å². The highest BCUT2D eigenvalue weighted by atomic mass is 16.1. The first-order valence-electron chi connectivity index (χ1n) is 6.09. The molecule has 3 heterocycles. The minimum absolute atomic E-state index is 0.0135. The zero-order chi connectivity index (χ0) is 11.7. The van der Waals surface area contributed by atoms with E-state index in [0.29, 0.717) is 5.92 Å². The SMILES string of the molecule is O=c1ccn2c(CC3CCCNC3)n[nH]c2c1. The van der Waals surface area contributed by atoms with Crippen LogP contribution >= 0.6 is 0 Å². The second-order valence-electron chi connectivity index (χ2n) is 4.67. The summed E-state index contributed by atoms with van der Waals surface area (Å²) in [6, 6.07) is 3.15. The van der Waals surface area contributed by atoms with E-state index < -0.39 is 0 Å². The van der Waals surface area contributed by atoms with Crippen molar-refractivity contribution in [3.63, 3.8) is 0 Å². The minimum atomic E-state index is 0.0135. The molecule has 2 N–H and O–H groups in total. The standard InChI is InChI=1S/C12H16N4O/c17-10-3-5-16-11(14-15-12(16)7-10)6-9-2-1-4-13-8-9/h3,5,7,9,13,15H,1-2,4,6,8H2. The predicted octanol–water partition coefficient (Wildman–Crippen LogP) is 0.565. The number of pyridine rings is 1. The molecule has 0 spiro atoms. The Kier molecular flexibility index (Phi) is 2.68. The van der Waals surface area contributed by atoms with E-state index in [1.165, 1.54) is 12.8 Å². The molecule has 1 fully saturated rings. The van der Waals surface area contributed by atoms with E-state index in [1.54, 1.807) is 18.3 Å². The van der Waals surface area contributed by atoms with Crippen LogP contribution in [0.1, 0.15) is 18.7 Å². The molecule has 1 aliphatic heterocycles. The van der Waals surface area contributed by atoms with E-state index in [-0.39, 0.29) is 5.43 Å². The van der Waals surface area contributed by atoms with E-state index in [0.717, 1.165) is 31.0 Å². The average molecular weight is 232 g/mol. The van der Waals surface area contributed by atoms with Crippen molar-refractivity contribution in [1.29, 1.82) is 0 Å². The summed E-state index contributed by atoms with van der Waals surface area (Å²) >= 11 is 0. The maximum Gasteiger partial charge on any atom is 0.183 e. The van der Waals surface area contributed by atoms with Crippen molar-refractivity contribution >= 4 is 5.65 Å². The molecule has 17 heavy (non-hydrogen) atoms. The Morgan fingerprint density at radius 2 is 2.47 bits per heavy atom. The lowest BCUT2D eigenvalue weighted by Gasteiger charge is -2.21. The monoisotopic (exact) mass is 232 g/mol. The third-order valence-electron chi connectivity index (χ3n) is 3.37. The summed E-state index contributed by atoms with van der Waals surface area (Å²) in [5.41, 5.74) is 0.788. The van der Waals surface area contributed by atoms with Crippen LogP contribution in [0.4, 0.5) is 0 Å². The Hall–Kier alpha value is -1.62. The molecule has 90 valence electrons.